The van der Waals surface area contributed by atoms with E-state index in [1.807, 2.05) is 27.7 Å². The maximum Gasteiger partial charge on any atom is 0.260 e. The zero-order valence-corrected chi connectivity index (χ0v) is 14.1. The van der Waals surface area contributed by atoms with E-state index in [0.717, 1.165) is 0 Å². The number of hydrogen-bond acceptors (Lipinski definition) is 6. The average Bonchev–Trinajstić information content (AvgIpc) is 3.04. The van der Waals surface area contributed by atoms with E-state index < -0.39 is 16.1 Å². The first-order valence-electron chi connectivity index (χ1n) is 7.08. The van der Waals surface area contributed by atoms with Crippen LogP contribution in [0.4, 0.5) is 0 Å². The second kappa shape index (κ2) is 6.17. The summed E-state index contributed by atoms with van der Waals surface area (Å²) in [5, 5.41) is 7.78. The molecule has 0 aliphatic carbocycles. The van der Waals surface area contributed by atoms with Crippen LogP contribution < -0.4 is 4.72 Å². The largest absolute Gasteiger partial charge is 0.338 e. The van der Waals surface area contributed by atoms with E-state index in [1.165, 1.54) is 6.07 Å². The third-order valence-corrected chi connectivity index (χ3v) is 4.48. The topological polar surface area (TPSA) is 103 Å². The Kier molecular flexibility index (Phi) is 4.66. The van der Waals surface area contributed by atoms with Gasteiger partial charge >= 0.3 is 0 Å². The minimum atomic E-state index is -3.77. The SMILES string of the molecule is Cc1noc(C(NS(=O)(=O)c2ccn(C(C)C)n2)C(C)C)n1. The molecule has 2 heterocycles. The Bertz CT molecular complexity index is 732. The molecule has 0 fully saturated rings. The standard InChI is InChI=1S/C13H21N5O3S/c1-8(2)12(13-14-10(5)16-21-13)17-22(19,20)11-6-7-18(15-11)9(3)4/h6-9,12,17H,1-5H3. The highest BCUT2D eigenvalue weighted by Gasteiger charge is 2.29. The van der Waals surface area contributed by atoms with Gasteiger partial charge in [0, 0.05) is 12.2 Å². The fourth-order valence-electron chi connectivity index (χ4n) is 1.89. The third-order valence-electron chi connectivity index (χ3n) is 3.15. The van der Waals surface area contributed by atoms with Gasteiger partial charge in [-0.25, -0.2) is 8.42 Å². The highest BCUT2D eigenvalue weighted by molar-refractivity contribution is 7.89. The summed E-state index contributed by atoms with van der Waals surface area (Å²) in [5.41, 5.74) is 0. The number of nitrogens with one attached hydrogen (secondary N) is 1. The normalized spacial score (nSPS) is 14.0. The van der Waals surface area contributed by atoms with Crippen LogP contribution in [0.1, 0.15) is 51.5 Å². The molecule has 1 atom stereocenters. The van der Waals surface area contributed by atoms with Crippen LogP contribution in [0.3, 0.4) is 0 Å². The molecule has 22 heavy (non-hydrogen) atoms. The summed E-state index contributed by atoms with van der Waals surface area (Å²) in [7, 11) is -3.77. The quantitative estimate of drug-likeness (QED) is 0.868. The molecule has 8 nitrogen and oxygen atoms in total. The molecular weight excluding hydrogens is 306 g/mol. The average molecular weight is 327 g/mol. The van der Waals surface area contributed by atoms with Gasteiger partial charge in [-0.2, -0.15) is 14.8 Å². The number of aromatic nitrogens is 4. The molecule has 0 bridgehead atoms. The minimum absolute atomic E-state index is 0.0249. The van der Waals surface area contributed by atoms with E-state index >= 15 is 0 Å². The molecule has 0 radical (unpaired) electrons. The maximum absolute atomic E-state index is 12.5. The van der Waals surface area contributed by atoms with Gasteiger partial charge < -0.3 is 4.52 Å². The summed E-state index contributed by atoms with van der Waals surface area (Å²) >= 11 is 0. The van der Waals surface area contributed by atoms with Crippen LogP contribution in [-0.2, 0) is 10.0 Å². The van der Waals surface area contributed by atoms with E-state index in [0.29, 0.717) is 5.82 Å². The van der Waals surface area contributed by atoms with E-state index in [4.69, 9.17) is 4.52 Å². The molecule has 0 saturated heterocycles. The summed E-state index contributed by atoms with van der Waals surface area (Å²) in [6.07, 6.45) is 1.64. The zero-order valence-electron chi connectivity index (χ0n) is 13.3. The van der Waals surface area contributed by atoms with E-state index in [1.54, 1.807) is 17.8 Å². The van der Waals surface area contributed by atoms with Gasteiger partial charge in [0.05, 0.1) is 0 Å². The Balaban J connectivity index is 2.28. The third kappa shape index (κ3) is 3.53. The van der Waals surface area contributed by atoms with Gasteiger partial charge in [0.25, 0.3) is 10.0 Å². The van der Waals surface area contributed by atoms with Crippen molar-refractivity contribution in [1.29, 1.82) is 0 Å². The van der Waals surface area contributed by atoms with Gasteiger partial charge in [0.2, 0.25) is 5.89 Å². The molecule has 1 N–H and O–H groups in total. The lowest BCUT2D eigenvalue weighted by molar-refractivity contribution is 0.309. The summed E-state index contributed by atoms with van der Waals surface area (Å²) in [5.74, 6) is 0.658. The van der Waals surface area contributed by atoms with E-state index in [-0.39, 0.29) is 22.9 Å². The predicted molar refractivity (Wildman–Crippen MR) is 79.5 cm³/mol. The Labute approximate surface area is 130 Å². The van der Waals surface area contributed by atoms with Crippen LogP contribution in [0.25, 0.3) is 0 Å². The smallest absolute Gasteiger partial charge is 0.260 e. The lowest BCUT2D eigenvalue weighted by atomic mass is 10.1. The first-order valence-corrected chi connectivity index (χ1v) is 8.56. The number of sulfonamides is 1. The van der Waals surface area contributed by atoms with Crippen LogP contribution >= 0.6 is 0 Å². The van der Waals surface area contributed by atoms with E-state index in [2.05, 4.69) is 20.0 Å². The number of rotatable bonds is 6. The van der Waals surface area contributed by atoms with Gasteiger partial charge in [-0.3, -0.25) is 4.68 Å². The Morgan fingerprint density at radius 2 is 1.95 bits per heavy atom. The molecule has 0 aliphatic rings. The Hall–Kier alpha value is -1.74. The molecule has 0 spiro atoms. The van der Waals surface area contributed by atoms with Crippen molar-refractivity contribution in [2.75, 3.05) is 0 Å². The summed E-state index contributed by atoms with van der Waals surface area (Å²) < 4.78 is 34.3. The van der Waals surface area contributed by atoms with Crippen molar-refractivity contribution in [1.82, 2.24) is 24.6 Å². The number of nitrogens with zero attached hydrogens (tertiary/aromatic N) is 4. The number of hydrogen-bond donors (Lipinski definition) is 1. The van der Waals surface area contributed by atoms with Crippen molar-refractivity contribution >= 4 is 10.0 Å². The second-order valence-electron chi connectivity index (χ2n) is 5.75. The van der Waals surface area contributed by atoms with Crippen LogP contribution in [0.15, 0.2) is 21.8 Å². The minimum Gasteiger partial charge on any atom is -0.338 e. The van der Waals surface area contributed by atoms with Gasteiger partial charge in [-0.1, -0.05) is 19.0 Å². The zero-order chi connectivity index (χ0) is 16.5. The summed E-state index contributed by atoms with van der Waals surface area (Å²) in [6, 6.07) is 0.956. The molecule has 9 heteroatoms. The number of aryl methyl sites for hydroxylation is 1. The molecule has 122 valence electrons. The van der Waals surface area contributed by atoms with Crippen molar-refractivity contribution < 1.29 is 12.9 Å². The van der Waals surface area contributed by atoms with Gasteiger partial charge in [0.1, 0.15) is 6.04 Å². The van der Waals surface area contributed by atoms with Gasteiger partial charge in [-0.05, 0) is 32.8 Å². The molecule has 0 saturated carbocycles. The molecule has 0 aliphatic heterocycles. The second-order valence-corrected chi connectivity index (χ2v) is 7.41. The molecule has 0 amide bonds. The van der Waals surface area contributed by atoms with Crippen LogP contribution in [0.2, 0.25) is 0 Å². The lowest BCUT2D eigenvalue weighted by Crippen LogP contribution is -2.32. The lowest BCUT2D eigenvalue weighted by Gasteiger charge is -2.17. The van der Waals surface area contributed by atoms with Crippen LogP contribution in [0.5, 0.6) is 0 Å². The fourth-order valence-corrected chi connectivity index (χ4v) is 3.16. The fraction of sp³-hybridized carbons (Fsp3) is 0.615. The maximum atomic E-state index is 12.5. The van der Waals surface area contributed by atoms with Crippen LogP contribution in [-0.4, -0.2) is 28.3 Å². The van der Waals surface area contributed by atoms with Crippen molar-refractivity contribution in [2.45, 2.75) is 51.7 Å². The predicted octanol–water partition coefficient (Wildman–Crippen LogP) is 1.83. The van der Waals surface area contributed by atoms with Crippen molar-refractivity contribution in [3.05, 3.63) is 24.0 Å². The molecular formula is C13H21N5O3S. The molecule has 2 rings (SSSR count). The Morgan fingerprint density at radius 1 is 1.27 bits per heavy atom. The molecule has 1 unspecified atom stereocenters. The van der Waals surface area contributed by atoms with Gasteiger partial charge in [0.15, 0.2) is 10.9 Å². The van der Waals surface area contributed by atoms with Gasteiger partial charge in [-0.15, -0.1) is 0 Å². The van der Waals surface area contributed by atoms with E-state index in [9.17, 15) is 8.42 Å². The molecule has 2 aromatic heterocycles. The summed E-state index contributed by atoms with van der Waals surface area (Å²) in [4.78, 5) is 4.11. The Morgan fingerprint density at radius 3 is 2.41 bits per heavy atom. The first kappa shape index (κ1) is 16.6. The highest BCUT2D eigenvalue weighted by Crippen LogP contribution is 2.22. The van der Waals surface area contributed by atoms with Crippen molar-refractivity contribution in [3.8, 4) is 0 Å². The molecule has 0 aromatic carbocycles. The molecule has 2 aromatic rings. The summed E-state index contributed by atoms with van der Waals surface area (Å²) in [6.45, 7) is 9.28. The first-order chi connectivity index (χ1) is 10.2. The van der Waals surface area contributed by atoms with Crippen molar-refractivity contribution in [3.63, 3.8) is 0 Å². The highest BCUT2D eigenvalue weighted by atomic mass is 32.2. The van der Waals surface area contributed by atoms with Crippen LogP contribution in [0, 0.1) is 12.8 Å². The van der Waals surface area contributed by atoms with Crippen molar-refractivity contribution in [2.24, 2.45) is 5.92 Å². The monoisotopic (exact) mass is 327 g/mol.